The van der Waals surface area contributed by atoms with Gasteiger partial charge in [0.2, 0.25) is 0 Å². The molecular formula is C17H24N6O. The molecule has 0 spiro atoms. The van der Waals surface area contributed by atoms with Gasteiger partial charge in [0.15, 0.2) is 0 Å². The molecule has 2 amide bonds. The highest BCUT2D eigenvalue weighted by Gasteiger charge is 2.21. The molecule has 0 aromatic carbocycles. The lowest BCUT2D eigenvalue weighted by Gasteiger charge is -2.20. The van der Waals surface area contributed by atoms with Crippen LogP contribution in [0.25, 0.3) is 0 Å². The molecule has 7 heteroatoms. The van der Waals surface area contributed by atoms with Crippen LogP contribution in [0.5, 0.6) is 0 Å². The van der Waals surface area contributed by atoms with Crippen molar-refractivity contribution >= 4 is 11.7 Å². The van der Waals surface area contributed by atoms with E-state index < -0.39 is 0 Å². The third-order valence-electron chi connectivity index (χ3n) is 4.61. The molecule has 2 aromatic heterocycles. The Hall–Kier alpha value is -2.44. The largest absolute Gasteiger partial charge is 0.322 e. The second-order valence-corrected chi connectivity index (χ2v) is 6.33. The number of aryl methyl sites for hydroxylation is 1. The second-order valence-electron chi connectivity index (χ2n) is 6.33. The summed E-state index contributed by atoms with van der Waals surface area (Å²) in [4.78, 5) is 23.1. The Balaban J connectivity index is 1.66. The average Bonchev–Trinajstić information content (AvgIpc) is 2.82. The number of carbonyl (C=O) groups is 1. The molecule has 24 heavy (non-hydrogen) atoms. The Kier molecular flexibility index (Phi) is 4.78. The SMILES string of the molecule is CC[C@H](C)c1ncc(NC(=O)N2CCCc3c(cnn3C)C2)cn1. The molecule has 1 aliphatic rings. The van der Waals surface area contributed by atoms with Crippen molar-refractivity contribution in [2.75, 3.05) is 11.9 Å². The molecule has 1 N–H and O–H groups in total. The number of anilines is 1. The van der Waals surface area contributed by atoms with Crippen LogP contribution in [-0.2, 0) is 20.0 Å². The Morgan fingerprint density at radius 3 is 2.79 bits per heavy atom. The highest BCUT2D eigenvalue weighted by atomic mass is 16.2. The Labute approximate surface area is 142 Å². The van der Waals surface area contributed by atoms with Crippen molar-refractivity contribution in [3.05, 3.63) is 35.7 Å². The summed E-state index contributed by atoms with van der Waals surface area (Å²) in [7, 11) is 1.95. The minimum Gasteiger partial charge on any atom is -0.320 e. The lowest BCUT2D eigenvalue weighted by Crippen LogP contribution is -2.34. The first-order valence-electron chi connectivity index (χ1n) is 8.46. The van der Waals surface area contributed by atoms with Crippen LogP contribution < -0.4 is 5.32 Å². The van der Waals surface area contributed by atoms with Gasteiger partial charge in [0.05, 0.1) is 30.8 Å². The first kappa shape index (κ1) is 16.4. The molecule has 1 aliphatic heterocycles. The Morgan fingerprint density at radius 2 is 2.08 bits per heavy atom. The zero-order valence-electron chi connectivity index (χ0n) is 14.5. The zero-order chi connectivity index (χ0) is 17.1. The summed E-state index contributed by atoms with van der Waals surface area (Å²) in [5, 5.41) is 7.19. The summed E-state index contributed by atoms with van der Waals surface area (Å²) in [6.45, 7) is 5.51. The van der Waals surface area contributed by atoms with Crippen molar-refractivity contribution in [2.24, 2.45) is 7.05 Å². The van der Waals surface area contributed by atoms with E-state index in [2.05, 4.69) is 34.2 Å². The maximum Gasteiger partial charge on any atom is 0.322 e. The Bertz CT molecular complexity index is 708. The molecule has 0 aliphatic carbocycles. The van der Waals surface area contributed by atoms with Gasteiger partial charge in [-0.3, -0.25) is 4.68 Å². The van der Waals surface area contributed by atoms with Crippen LogP contribution in [0.2, 0.25) is 0 Å². The molecule has 0 radical (unpaired) electrons. The minimum atomic E-state index is -0.119. The Morgan fingerprint density at radius 1 is 1.33 bits per heavy atom. The first-order valence-corrected chi connectivity index (χ1v) is 8.46. The summed E-state index contributed by atoms with van der Waals surface area (Å²) in [5.41, 5.74) is 2.96. The third kappa shape index (κ3) is 3.39. The van der Waals surface area contributed by atoms with E-state index in [0.717, 1.165) is 37.2 Å². The van der Waals surface area contributed by atoms with Crippen LogP contribution in [-0.4, -0.2) is 37.2 Å². The van der Waals surface area contributed by atoms with E-state index in [0.29, 0.717) is 18.2 Å². The molecule has 0 bridgehead atoms. The average molecular weight is 328 g/mol. The fourth-order valence-corrected chi connectivity index (χ4v) is 2.90. The maximum absolute atomic E-state index is 12.5. The van der Waals surface area contributed by atoms with Crippen molar-refractivity contribution in [3.8, 4) is 0 Å². The number of hydrogen-bond acceptors (Lipinski definition) is 4. The van der Waals surface area contributed by atoms with E-state index in [1.54, 1.807) is 12.4 Å². The molecule has 3 rings (SSSR count). The van der Waals surface area contributed by atoms with Crippen LogP contribution in [0.4, 0.5) is 10.5 Å². The predicted molar refractivity (Wildman–Crippen MR) is 91.7 cm³/mol. The van der Waals surface area contributed by atoms with E-state index in [1.807, 2.05) is 22.8 Å². The first-order chi connectivity index (χ1) is 11.6. The van der Waals surface area contributed by atoms with Gasteiger partial charge < -0.3 is 10.2 Å². The molecular weight excluding hydrogens is 304 g/mol. The van der Waals surface area contributed by atoms with Gasteiger partial charge in [0, 0.05) is 30.8 Å². The van der Waals surface area contributed by atoms with E-state index in [-0.39, 0.29) is 6.03 Å². The number of hydrogen-bond donors (Lipinski definition) is 1. The van der Waals surface area contributed by atoms with Gasteiger partial charge >= 0.3 is 6.03 Å². The van der Waals surface area contributed by atoms with E-state index >= 15 is 0 Å². The summed E-state index contributed by atoms with van der Waals surface area (Å²) in [5.74, 6) is 1.13. The normalized spacial score (nSPS) is 15.5. The van der Waals surface area contributed by atoms with Crippen molar-refractivity contribution in [1.82, 2.24) is 24.6 Å². The van der Waals surface area contributed by atoms with E-state index in [9.17, 15) is 4.79 Å². The van der Waals surface area contributed by atoms with E-state index in [4.69, 9.17) is 0 Å². The van der Waals surface area contributed by atoms with Gasteiger partial charge in [-0.25, -0.2) is 14.8 Å². The van der Waals surface area contributed by atoms with Crippen molar-refractivity contribution in [2.45, 2.75) is 45.6 Å². The summed E-state index contributed by atoms with van der Waals surface area (Å²) >= 11 is 0. The summed E-state index contributed by atoms with van der Waals surface area (Å²) < 4.78 is 1.90. The van der Waals surface area contributed by atoms with Gasteiger partial charge in [-0.15, -0.1) is 0 Å². The fourth-order valence-electron chi connectivity index (χ4n) is 2.90. The zero-order valence-corrected chi connectivity index (χ0v) is 14.5. The summed E-state index contributed by atoms with van der Waals surface area (Å²) in [6, 6.07) is -0.119. The minimum absolute atomic E-state index is 0.119. The number of aromatic nitrogens is 4. The lowest BCUT2D eigenvalue weighted by atomic mass is 10.1. The highest BCUT2D eigenvalue weighted by Crippen LogP contribution is 2.19. The second kappa shape index (κ2) is 6.98. The molecule has 0 fully saturated rings. The van der Waals surface area contributed by atoms with Crippen LogP contribution in [0, 0.1) is 0 Å². The number of nitrogens with zero attached hydrogens (tertiary/aromatic N) is 5. The van der Waals surface area contributed by atoms with Gasteiger partial charge in [-0.1, -0.05) is 13.8 Å². The number of fused-ring (bicyclic) bond motifs is 1. The predicted octanol–water partition coefficient (Wildman–Crippen LogP) is 2.70. The number of amides is 2. The van der Waals surface area contributed by atoms with Crippen molar-refractivity contribution in [1.29, 1.82) is 0 Å². The number of nitrogens with one attached hydrogen (secondary N) is 1. The van der Waals surface area contributed by atoms with Gasteiger partial charge in [0.1, 0.15) is 5.82 Å². The molecule has 128 valence electrons. The standard InChI is InChI=1S/C17H24N6O/c1-4-12(2)16-18-9-14(10-19-16)21-17(24)23-7-5-6-15-13(11-23)8-20-22(15)3/h8-10,12H,4-7,11H2,1-3H3,(H,21,24)/t12-/m0/s1. The molecule has 7 nitrogen and oxygen atoms in total. The molecule has 0 saturated carbocycles. The molecule has 1 atom stereocenters. The van der Waals surface area contributed by atoms with Gasteiger partial charge in [0.25, 0.3) is 0 Å². The molecule has 3 heterocycles. The topological polar surface area (TPSA) is 75.9 Å². The summed E-state index contributed by atoms with van der Waals surface area (Å²) in [6.07, 6.45) is 8.09. The number of urea groups is 1. The van der Waals surface area contributed by atoms with Crippen molar-refractivity contribution < 1.29 is 4.79 Å². The van der Waals surface area contributed by atoms with Crippen LogP contribution in [0.1, 0.15) is 49.7 Å². The molecule has 2 aromatic rings. The van der Waals surface area contributed by atoms with Gasteiger partial charge in [-0.2, -0.15) is 5.10 Å². The lowest BCUT2D eigenvalue weighted by molar-refractivity contribution is 0.210. The maximum atomic E-state index is 12.5. The van der Waals surface area contributed by atoms with Gasteiger partial charge in [-0.05, 0) is 19.3 Å². The van der Waals surface area contributed by atoms with Crippen LogP contribution >= 0.6 is 0 Å². The van der Waals surface area contributed by atoms with E-state index in [1.165, 1.54) is 5.69 Å². The third-order valence-corrected chi connectivity index (χ3v) is 4.61. The monoisotopic (exact) mass is 328 g/mol. The quantitative estimate of drug-likeness (QED) is 0.940. The molecule has 0 unspecified atom stereocenters. The number of rotatable bonds is 3. The highest BCUT2D eigenvalue weighted by molar-refractivity contribution is 5.89. The smallest absolute Gasteiger partial charge is 0.320 e. The van der Waals surface area contributed by atoms with Crippen molar-refractivity contribution in [3.63, 3.8) is 0 Å². The number of carbonyl (C=O) groups excluding carboxylic acids is 1. The van der Waals surface area contributed by atoms with Crippen LogP contribution in [0.15, 0.2) is 18.6 Å². The van der Waals surface area contributed by atoms with Crippen LogP contribution in [0.3, 0.4) is 0 Å². The fraction of sp³-hybridized carbons (Fsp3) is 0.529. The molecule has 0 saturated heterocycles.